The highest BCUT2D eigenvalue weighted by molar-refractivity contribution is 7.13. The van der Waals surface area contributed by atoms with Gasteiger partial charge in [0.1, 0.15) is 11.4 Å². The first kappa shape index (κ1) is 21.2. The van der Waals surface area contributed by atoms with E-state index in [9.17, 15) is 4.79 Å². The third kappa shape index (κ3) is 4.81. The van der Waals surface area contributed by atoms with Crippen molar-refractivity contribution >= 4 is 57.9 Å². The first-order chi connectivity index (χ1) is 14.5. The van der Waals surface area contributed by atoms with Crippen LogP contribution in [0.15, 0.2) is 41.8 Å². The number of rotatable bonds is 5. The van der Waals surface area contributed by atoms with Gasteiger partial charge in [-0.1, -0.05) is 40.9 Å². The van der Waals surface area contributed by atoms with Gasteiger partial charge in [0.05, 0.1) is 19.9 Å². The summed E-state index contributed by atoms with van der Waals surface area (Å²) in [5.41, 5.74) is 0.862. The van der Waals surface area contributed by atoms with E-state index in [-0.39, 0.29) is 12.5 Å². The molecule has 1 aliphatic heterocycles. The van der Waals surface area contributed by atoms with Gasteiger partial charge in [-0.2, -0.15) is 0 Å². The second kappa shape index (κ2) is 9.39. The van der Waals surface area contributed by atoms with Crippen LogP contribution < -0.4 is 9.64 Å². The summed E-state index contributed by atoms with van der Waals surface area (Å²) in [6, 6.07) is 11.0. The Morgan fingerprint density at radius 3 is 2.43 bits per heavy atom. The molecule has 0 unspecified atom stereocenters. The standard InChI is InChI=1S/C20H17Cl3N4O2S/c21-13-10-15(23)17(11-14(13)22)29-12-20(28)27-7-5-26(6-8-27)19-4-3-16(24-25-19)18-2-1-9-30-18/h1-4,9-11H,5-8,12H2. The van der Waals surface area contributed by atoms with Gasteiger partial charge in [-0.25, -0.2) is 0 Å². The molecule has 0 bridgehead atoms. The zero-order chi connectivity index (χ0) is 21.1. The fraction of sp³-hybridized carbons (Fsp3) is 0.250. The van der Waals surface area contributed by atoms with Crippen molar-refractivity contribution in [1.29, 1.82) is 0 Å². The summed E-state index contributed by atoms with van der Waals surface area (Å²) in [7, 11) is 0. The lowest BCUT2D eigenvalue weighted by Crippen LogP contribution is -2.50. The molecule has 0 radical (unpaired) electrons. The SMILES string of the molecule is O=C(COc1cc(Cl)c(Cl)cc1Cl)N1CCN(c2ccc(-c3cccs3)nn2)CC1. The predicted molar refractivity (Wildman–Crippen MR) is 121 cm³/mol. The van der Waals surface area contributed by atoms with Gasteiger partial charge in [0.25, 0.3) is 5.91 Å². The molecular formula is C20H17Cl3N4O2S. The molecule has 2 aromatic heterocycles. The molecular weight excluding hydrogens is 467 g/mol. The van der Waals surface area contributed by atoms with Crippen LogP contribution in [0, 0.1) is 0 Å². The fourth-order valence-corrected chi connectivity index (χ4v) is 4.36. The first-order valence-corrected chi connectivity index (χ1v) is 11.2. The molecule has 0 N–H and O–H groups in total. The highest BCUT2D eigenvalue weighted by Gasteiger charge is 2.23. The topological polar surface area (TPSA) is 58.6 Å². The van der Waals surface area contributed by atoms with Gasteiger partial charge in [0.2, 0.25) is 0 Å². The number of anilines is 1. The molecule has 1 saturated heterocycles. The van der Waals surface area contributed by atoms with Gasteiger partial charge in [-0.3, -0.25) is 4.79 Å². The number of thiophene rings is 1. The van der Waals surface area contributed by atoms with Crippen LogP contribution in [0.3, 0.4) is 0 Å². The molecule has 1 fully saturated rings. The van der Waals surface area contributed by atoms with E-state index in [1.165, 1.54) is 12.1 Å². The van der Waals surface area contributed by atoms with Crippen LogP contribution >= 0.6 is 46.1 Å². The molecule has 0 spiro atoms. The lowest BCUT2D eigenvalue weighted by Gasteiger charge is -2.35. The molecule has 6 nitrogen and oxygen atoms in total. The van der Waals surface area contributed by atoms with E-state index < -0.39 is 0 Å². The van der Waals surface area contributed by atoms with Crippen molar-refractivity contribution in [1.82, 2.24) is 15.1 Å². The molecule has 156 valence electrons. The predicted octanol–water partition coefficient (Wildman–Crippen LogP) is 4.89. The van der Waals surface area contributed by atoms with Gasteiger partial charge in [-0.15, -0.1) is 21.5 Å². The van der Waals surface area contributed by atoms with Crippen LogP contribution in [-0.2, 0) is 4.79 Å². The van der Waals surface area contributed by atoms with Gasteiger partial charge < -0.3 is 14.5 Å². The number of piperazine rings is 1. The van der Waals surface area contributed by atoms with Crippen molar-refractivity contribution in [3.05, 3.63) is 56.8 Å². The van der Waals surface area contributed by atoms with E-state index in [0.29, 0.717) is 47.0 Å². The average Bonchev–Trinajstić information content (AvgIpc) is 3.30. The normalized spacial score (nSPS) is 14.1. The largest absolute Gasteiger partial charge is 0.482 e. The Hall–Kier alpha value is -2.06. The van der Waals surface area contributed by atoms with Crippen LogP contribution in [0.4, 0.5) is 5.82 Å². The maximum absolute atomic E-state index is 12.5. The quantitative estimate of drug-likeness (QED) is 0.484. The smallest absolute Gasteiger partial charge is 0.260 e. The van der Waals surface area contributed by atoms with E-state index >= 15 is 0 Å². The van der Waals surface area contributed by atoms with Crippen molar-refractivity contribution in [3.63, 3.8) is 0 Å². The second-order valence-corrected chi connectivity index (χ2v) is 8.78. The molecule has 0 aliphatic carbocycles. The minimum absolute atomic E-state index is 0.115. The number of halogens is 3. The molecule has 1 aliphatic rings. The Morgan fingerprint density at radius 1 is 1.00 bits per heavy atom. The molecule has 0 saturated carbocycles. The van der Waals surface area contributed by atoms with Crippen LogP contribution in [-0.4, -0.2) is 53.8 Å². The van der Waals surface area contributed by atoms with Crippen molar-refractivity contribution in [2.75, 3.05) is 37.7 Å². The molecule has 3 aromatic rings. The third-order valence-electron chi connectivity index (χ3n) is 4.71. The molecule has 30 heavy (non-hydrogen) atoms. The molecule has 4 rings (SSSR count). The Bertz CT molecular complexity index is 1020. The summed E-state index contributed by atoms with van der Waals surface area (Å²) in [6.07, 6.45) is 0. The minimum Gasteiger partial charge on any atom is -0.482 e. The van der Waals surface area contributed by atoms with E-state index in [1.54, 1.807) is 16.2 Å². The number of amides is 1. The average molecular weight is 484 g/mol. The number of ether oxygens (including phenoxy) is 1. The Balaban J connectivity index is 1.30. The number of carbonyl (C=O) groups is 1. The number of hydrogen-bond acceptors (Lipinski definition) is 6. The summed E-state index contributed by atoms with van der Waals surface area (Å²) in [5.74, 6) is 1.02. The molecule has 1 aromatic carbocycles. The summed E-state index contributed by atoms with van der Waals surface area (Å²) in [6.45, 7) is 2.38. The van der Waals surface area contributed by atoms with E-state index in [0.717, 1.165) is 16.4 Å². The van der Waals surface area contributed by atoms with Gasteiger partial charge in [0.15, 0.2) is 12.4 Å². The number of aromatic nitrogens is 2. The van der Waals surface area contributed by atoms with E-state index in [1.807, 2.05) is 29.6 Å². The van der Waals surface area contributed by atoms with Crippen molar-refractivity contribution in [2.45, 2.75) is 0 Å². The highest BCUT2D eigenvalue weighted by atomic mass is 35.5. The van der Waals surface area contributed by atoms with Gasteiger partial charge in [-0.05, 0) is 29.6 Å². The zero-order valence-corrected chi connectivity index (χ0v) is 18.8. The molecule has 3 heterocycles. The molecule has 10 heteroatoms. The van der Waals surface area contributed by atoms with Crippen LogP contribution in [0.5, 0.6) is 5.75 Å². The minimum atomic E-state index is -0.118. The monoisotopic (exact) mass is 482 g/mol. The lowest BCUT2D eigenvalue weighted by molar-refractivity contribution is -0.133. The summed E-state index contributed by atoms with van der Waals surface area (Å²) in [5, 5.41) is 11.7. The second-order valence-electron chi connectivity index (χ2n) is 6.61. The van der Waals surface area contributed by atoms with Crippen LogP contribution in [0.2, 0.25) is 15.1 Å². The number of benzene rings is 1. The molecule has 1 amide bonds. The maximum Gasteiger partial charge on any atom is 0.260 e. The number of carbonyl (C=O) groups excluding carboxylic acids is 1. The van der Waals surface area contributed by atoms with Crippen molar-refractivity contribution in [2.24, 2.45) is 0 Å². The zero-order valence-electron chi connectivity index (χ0n) is 15.7. The summed E-state index contributed by atoms with van der Waals surface area (Å²) >= 11 is 19.6. The third-order valence-corrected chi connectivity index (χ3v) is 6.62. The van der Waals surface area contributed by atoms with Crippen LogP contribution in [0.1, 0.15) is 0 Å². The number of nitrogens with zero attached hydrogens (tertiary/aromatic N) is 4. The molecule has 0 atom stereocenters. The van der Waals surface area contributed by atoms with Gasteiger partial charge in [0, 0.05) is 32.2 Å². The summed E-state index contributed by atoms with van der Waals surface area (Å²) < 4.78 is 5.55. The first-order valence-electron chi connectivity index (χ1n) is 9.19. The fourth-order valence-electron chi connectivity index (χ4n) is 3.08. The highest BCUT2D eigenvalue weighted by Crippen LogP contribution is 2.33. The maximum atomic E-state index is 12.5. The summed E-state index contributed by atoms with van der Waals surface area (Å²) in [4.78, 5) is 17.5. The Kier molecular flexibility index (Phi) is 6.63. The Labute approximate surface area is 192 Å². The van der Waals surface area contributed by atoms with Gasteiger partial charge >= 0.3 is 0 Å². The van der Waals surface area contributed by atoms with E-state index in [4.69, 9.17) is 39.5 Å². The van der Waals surface area contributed by atoms with Crippen molar-refractivity contribution in [3.8, 4) is 16.3 Å². The van der Waals surface area contributed by atoms with E-state index in [2.05, 4.69) is 15.1 Å². The van der Waals surface area contributed by atoms with Crippen molar-refractivity contribution < 1.29 is 9.53 Å². The lowest BCUT2D eigenvalue weighted by atomic mass is 10.3. The van der Waals surface area contributed by atoms with Crippen LogP contribution in [0.25, 0.3) is 10.6 Å². The number of hydrogen-bond donors (Lipinski definition) is 0. The Morgan fingerprint density at radius 2 is 1.77 bits per heavy atom.